The maximum absolute atomic E-state index is 12.4. The molecule has 0 bridgehead atoms. The molecule has 1 fully saturated rings. The van der Waals surface area contributed by atoms with Crippen LogP contribution in [0.15, 0.2) is 28.0 Å². The van der Waals surface area contributed by atoms with Crippen LogP contribution in [0.4, 0.5) is 10.8 Å². The van der Waals surface area contributed by atoms with E-state index in [0.717, 1.165) is 11.3 Å². The first-order valence-electron chi connectivity index (χ1n) is 9.47. The molecule has 0 spiro atoms. The number of amides is 1. The zero-order chi connectivity index (χ0) is 20.8. The van der Waals surface area contributed by atoms with Gasteiger partial charge in [0.25, 0.3) is 6.01 Å². The van der Waals surface area contributed by atoms with E-state index >= 15 is 0 Å². The van der Waals surface area contributed by atoms with Crippen molar-refractivity contribution in [3.8, 4) is 11.3 Å². The van der Waals surface area contributed by atoms with E-state index < -0.39 is 5.60 Å². The van der Waals surface area contributed by atoms with Gasteiger partial charge in [-0.1, -0.05) is 11.6 Å². The van der Waals surface area contributed by atoms with Gasteiger partial charge in [-0.15, -0.1) is 0 Å². The number of carbonyl (C=O) groups excluding carboxylic acids is 1. The van der Waals surface area contributed by atoms with Gasteiger partial charge >= 0.3 is 6.09 Å². The number of anilines is 1. The number of hydrogen-bond acceptors (Lipinski definition) is 7. The molecule has 1 amide bonds. The van der Waals surface area contributed by atoms with Crippen LogP contribution in [0.5, 0.6) is 0 Å². The van der Waals surface area contributed by atoms with Crippen molar-refractivity contribution < 1.29 is 13.9 Å². The van der Waals surface area contributed by atoms with Crippen LogP contribution in [0, 0.1) is 0 Å². The minimum atomic E-state index is -0.511. The van der Waals surface area contributed by atoms with Crippen molar-refractivity contribution in [1.29, 1.82) is 0 Å². The van der Waals surface area contributed by atoms with Gasteiger partial charge in [0.2, 0.25) is 0 Å². The van der Waals surface area contributed by atoms with Gasteiger partial charge in [0, 0.05) is 41.6 Å². The Hall–Kier alpha value is -2.32. The lowest BCUT2D eigenvalue weighted by molar-refractivity contribution is 0.0216. The lowest BCUT2D eigenvalue weighted by Gasteiger charge is -2.39. The van der Waals surface area contributed by atoms with E-state index in [4.69, 9.17) is 20.8 Å². The average Bonchev–Trinajstić information content (AvgIpc) is 3.29. The molecule has 1 atom stereocenters. The number of halogens is 1. The fraction of sp³-hybridized carbons (Fsp3) is 0.450. The Morgan fingerprint density at radius 2 is 2.14 bits per heavy atom. The number of hydrogen-bond donors (Lipinski definition) is 0. The van der Waals surface area contributed by atoms with Crippen LogP contribution in [-0.4, -0.2) is 51.6 Å². The molecule has 9 heteroatoms. The van der Waals surface area contributed by atoms with E-state index in [1.165, 1.54) is 11.5 Å². The highest BCUT2D eigenvalue weighted by Crippen LogP contribution is 2.35. The third-order valence-electron chi connectivity index (χ3n) is 4.68. The first kappa shape index (κ1) is 20.0. The monoisotopic (exact) mass is 434 g/mol. The second-order valence-corrected chi connectivity index (χ2v) is 9.25. The molecule has 0 unspecified atom stereocenters. The van der Waals surface area contributed by atoms with E-state index in [1.807, 2.05) is 45.2 Å². The molecule has 0 N–H and O–H groups in total. The van der Waals surface area contributed by atoms with Crippen LogP contribution in [0.1, 0.15) is 27.7 Å². The van der Waals surface area contributed by atoms with Crippen molar-refractivity contribution in [3.63, 3.8) is 0 Å². The number of rotatable bonds is 2. The minimum Gasteiger partial charge on any atom is -0.444 e. The molecule has 2 aromatic heterocycles. The van der Waals surface area contributed by atoms with Gasteiger partial charge in [0.1, 0.15) is 11.1 Å². The SMILES string of the molecule is C[C@H]1CN(C(=O)OC(C)(C)C)CCN1c1nc2cc(Cl)cc(-c3ccsn3)c2o1. The molecule has 7 nitrogen and oxygen atoms in total. The van der Waals surface area contributed by atoms with Gasteiger partial charge in [-0.25, -0.2) is 4.79 Å². The molecule has 29 heavy (non-hydrogen) atoms. The second-order valence-electron chi connectivity index (χ2n) is 8.15. The summed E-state index contributed by atoms with van der Waals surface area (Å²) in [5, 5.41) is 2.50. The molecule has 0 aliphatic carbocycles. The Balaban J connectivity index is 1.58. The van der Waals surface area contributed by atoms with Crippen molar-refractivity contribution in [2.75, 3.05) is 24.5 Å². The summed E-state index contributed by atoms with van der Waals surface area (Å²) in [5.74, 6) is 0. The standard InChI is InChI=1S/C20H23ClN4O3S/c1-12-11-24(19(26)28-20(2,3)4)6-7-25(12)18-22-16-10-13(21)9-14(17(16)27-18)15-5-8-29-23-15/h5,8-10,12H,6-7,11H2,1-4H3/t12-/m0/s1. The van der Waals surface area contributed by atoms with Gasteiger partial charge < -0.3 is 19.0 Å². The first-order chi connectivity index (χ1) is 13.7. The number of carbonyl (C=O) groups is 1. The lowest BCUT2D eigenvalue weighted by Crippen LogP contribution is -2.54. The molecule has 3 aromatic rings. The van der Waals surface area contributed by atoms with Crippen LogP contribution >= 0.6 is 23.1 Å². The van der Waals surface area contributed by atoms with Crippen LogP contribution in [0.25, 0.3) is 22.4 Å². The largest absolute Gasteiger partial charge is 0.444 e. The molecule has 3 heterocycles. The van der Waals surface area contributed by atoms with Gasteiger partial charge in [0.15, 0.2) is 5.58 Å². The molecular formula is C20H23ClN4O3S. The Bertz CT molecular complexity index is 1030. The molecule has 0 radical (unpaired) electrons. The summed E-state index contributed by atoms with van der Waals surface area (Å²) in [6.07, 6.45) is -0.292. The molecule has 1 saturated heterocycles. The quantitative estimate of drug-likeness (QED) is 0.562. The molecule has 154 valence electrons. The highest BCUT2D eigenvalue weighted by molar-refractivity contribution is 7.03. The smallest absolute Gasteiger partial charge is 0.410 e. The summed E-state index contributed by atoms with van der Waals surface area (Å²) >= 11 is 7.67. The van der Waals surface area contributed by atoms with E-state index in [9.17, 15) is 4.79 Å². The number of nitrogens with zero attached hydrogens (tertiary/aromatic N) is 4. The highest BCUT2D eigenvalue weighted by atomic mass is 35.5. The topological polar surface area (TPSA) is 71.7 Å². The normalized spacial score (nSPS) is 17.8. The lowest BCUT2D eigenvalue weighted by atomic mass is 10.1. The van der Waals surface area contributed by atoms with Gasteiger partial charge in [-0.3, -0.25) is 0 Å². The predicted molar refractivity (Wildman–Crippen MR) is 115 cm³/mol. The summed E-state index contributed by atoms with van der Waals surface area (Å²) in [5.41, 5.74) is 2.48. The van der Waals surface area contributed by atoms with Gasteiger partial charge in [0.05, 0.1) is 5.69 Å². The van der Waals surface area contributed by atoms with Crippen LogP contribution in [0.3, 0.4) is 0 Å². The maximum atomic E-state index is 12.4. The van der Waals surface area contributed by atoms with Gasteiger partial charge in [-0.2, -0.15) is 9.36 Å². The molecule has 4 rings (SSSR count). The summed E-state index contributed by atoms with van der Waals surface area (Å²) in [7, 11) is 0. The number of oxazole rings is 1. The van der Waals surface area contributed by atoms with Crippen LogP contribution in [-0.2, 0) is 4.74 Å². The summed E-state index contributed by atoms with van der Waals surface area (Å²) < 4.78 is 16.0. The zero-order valence-corrected chi connectivity index (χ0v) is 18.4. The Kier molecular flexibility index (Phi) is 5.16. The van der Waals surface area contributed by atoms with Crippen molar-refractivity contribution in [2.24, 2.45) is 0 Å². The van der Waals surface area contributed by atoms with Crippen LogP contribution in [0.2, 0.25) is 5.02 Å². The molecule has 1 aromatic carbocycles. The van der Waals surface area contributed by atoms with E-state index in [2.05, 4.69) is 14.3 Å². The fourth-order valence-electron chi connectivity index (χ4n) is 3.39. The Morgan fingerprint density at radius 3 is 2.79 bits per heavy atom. The van der Waals surface area contributed by atoms with Crippen molar-refractivity contribution >= 4 is 46.3 Å². The van der Waals surface area contributed by atoms with E-state index in [1.54, 1.807) is 11.0 Å². The van der Waals surface area contributed by atoms with Gasteiger partial charge in [-0.05, 0) is 57.4 Å². The van der Waals surface area contributed by atoms with Crippen molar-refractivity contribution in [1.82, 2.24) is 14.3 Å². The Morgan fingerprint density at radius 1 is 1.34 bits per heavy atom. The highest BCUT2D eigenvalue weighted by Gasteiger charge is 2.32. The molecule has 1 aliphatic heterocycles. The van der Waals surface area contributed by atoms with Crippen molar-refractivity contribution in [3.05, 3.63) is 28.6 Å². The zero-order valence-electron chi connectivity index (χ0n) is 16.8. The molecular weight excluding hydrogens is 412 g/mol. The third kappa shape index (κ3) is 4.18. The van der Waals surface area contributed by atoms with Crippen molar-refractivity contribution in [2.45, 2.75) is 39.3 Å². The first-order valence-corrected chi connectivity index (χ1v) is 10.7. The molecule has 1 aliphatic rings. The average molecular weight is 435 g/mol. The summed E-state index contributed by atoms with van der Waals surface area (Å²) in [6, 6.07) is 6.12. The number of piperazine rings is 1. The molecule has 0 saturated carbocycles. The third-order valence-corrected chi connectivity index (χ3v) is 5.46. The summed E-state index contributed by atoms with van der Waals surface area (Å²) in [6.45, 7) is 9.33. The fourth-order valence-corrected chi connectivity index (χ4v) is 4.12. The predicted octanol–water partition coefficient (Wildman–Crippen LogP) is 5.05. The number of aromatic nitrogens is 2. The maximum Gasteiger partial charge on any atom is 0.410 e. The number of fused-ring (bicyclic) bond motifs is 1. The van der Waals surface area contributed by atoms with Crippen LogP contribution < -0.4 is 4.90 Å². The van der Waals surface area contributed by atoms with E-state index in [0.29, 0.717) is 41.8 Å². The number of benzene rings is 1. The van der Waals surface area contributed by atoms with E-state index in [-0.39, 0.29) is 12.1 Å². The Labute approximate surface area is 178 Å². The second kappa shape index (κ2) is 7.50. The number of ether oxygens (including phenoxy) is 1. The summed E-state index contributed by atoms with van der Waals surface area (Å²) in [4.78, 5) is 20.8. The minimum absolute atomic E-state index is 0.0301.